The molecule has 4 rings (SSSR count). The Morgan fingerprint density at radius 3 is 2.80 bits per heavy atom. The highest BCUT2D eigenvalue weighted by atomic mass is 16.2. The van der Waals surface area contributed by atoms with Crippen LogP contribution in [0.3, 0.4) is 0 Å². The topological polar surface area (TPSA) is 23.6 Å². The molecule has 0 radical (unpaired) electrons. The van der Waals surface area contributed by atoms with Crippen LogP contribution in [0.25, 0.3) is 0 Å². The van der Waals surface area contributed by atoms with E-state index in [4.69, 9.17) is 0 Å². The Hall–Kier alpha value is -1.35. The quantitative estimate of drug-likeness (QED) is 0.842. The van der Waals surface area contributed by atoms with Gasteiger partial charge in [-0.2, -0.15) is 0 Å². The van der Waals surface area contributed by atoms with Crippen molar-refractivity contribution in [3.8, 4) is 0 Å². The van der Waals surface area contributed by atoms with Gasteiger partial charge in [0.05, 0.1) is 0 Å². The zero-order valence-electron chi connectivity index (χ0n) is 12.4. The minimum absolute atomic E-state index is 0.341. The van der Waals surface area contributed by atoms with Crippen molar-refractivity contribution < 1.29 is 4.79 Å². The maximum atomic E-state index is 12.4. The molecule has 0 aromatic heterocycles. The lowest BCUT2D eigenvalue weighted by Crippen LogP contribution is -2.28. The lowest BCUT2D eigenvalue weighted by Gasteiger charge is -2.18. The van der Waals surface area contributed by atoms with E-state index in [0.717, 1.165) is 26.1 Å². The predicted octanol–water partition coefficient (Wildman–Crippen LogP) is 2.39. The molecule has 1 spiro atoms. The van der Waals surface area contributed by atoms with E-state index in [-0.39, 0.29) is 0 Å². The minimum atomic E-state index is 0.341. The van der Waals surface area contributed by atoms with Crippen LogP contribution < -0.4 is 0 Å². The number of amides is 1. The van der Waals surface area contributed by atoms with E-state index >= 15 is 0 Å². The Morgan fingerprint density at radius 1 is 1.35 bits per heavy atom. The first-order chi connectivity index (χ1) is 9.57. The molecule has 2 aliphatic carbocycles. The Kier molecular flexibility index (Phi) is 2.53. The summed E-state index contributed by atoms with van der Waals surface area (Å²) < 4.78 is 0. The molecule has 2 fully saturated rings. The molecule has 3 nitrogen and oxygen atoms in total. The van der Waals surface area contributed by atoms with Gasteiger partial charge >= 0.3 is 0 Å². The molecule has 0 unspecified atom stereocenters. The second-order valence-electron chi connectivity index (χ2n) is 7.09. The number of rotatable bonds is 3. The van der Waals surface area contributed by atoms with Crippen LogP contribution >= 0.6 is 0 Å². The number of fused-ring (bicyclic) bond motifs is 1. The SMILES string of the molecule is CN1Cc2ccc(CN(C)C(=O)[C@H]3CC34CC4)cc2C1. The van der Waals surface area contributed by atoms with Crippen LogP contribution in [0.15, 0.2) is 18.2 Å². The van der Waals surface area contributed by atoms with Gasteiger partial charge in [-0.3, -0.25) is 9.69 Å². The fourth-order valence-corrected chi connectivity index (χ4v) is 3.74. The molecule has 0 bridgehead atoms. The Labute approximate surface area is 120 Å². The second-order valence-corrected chi connectivity index (χ2v) is 7.09. The molecule has 106 valence electrons. The molecule has 1 atom stereocenters. The molecule has 1 aromatic rings. The molecular formula is C17H22N2O. The van der Waals surface area contributed by atoms with Crippen molar-refractivity contribution in [2.45, 2.75) is 38.9 Å². The van der Waals surface area contributed by atoms with Gasteiger partial charge < -0.3 is 4.90 Å². The predicted molar refractivity (Wildman–Crippen MR) is 77.9 cm³/mol. The number of nitrogens with zero attached hydrogens (tertiary/aromatic N) is 2. The van der Waals surface area contributed by atoms with E-state index in [1.165, 1.54) is 29.5 Å². The summed E-state index contributed by atoms with van der Waals surface area (Å²) in [5.74, 6) is 0.702. The number of carbonyl (C=O) groups is 1. The molecule has 1 amide bonds. The summed E-state index contributed by atoms with van der Waals surface area (Å²) >= 11 is 0. The highest BCUT2D eigenvalue weighted by Crippen LogP contribution is 2.70. The summed E-state index contributed by atoms with van der Waals surface area (Å²) in [7, 11) is 4.10. The minimum Gasteiger partial charge on any atom is -0.341 e. The summed E-state index contributed by atoms with van der Waals surface area (Å²) in [6.07, 6.45) is 3.70. The average Bonchev–Trinajstić information content (AvgIpc) is 3.31. The van der Waals surface area contributed by atoms with E-state index in [1.54, 1.807) is 0 Å². The normalized spacial score (nSPS) is 25.6. The smallest absolute Gasteiger partial charge is 0.226 e. The molecule has 20 heavy (non-hydrogen) atoms. The zero-order valence-corrected chi connectivity index (χ0v) is 12.4. The van der Waals surface area contributed by atoms with Gasteiger partial charge in [-0.1, -0.05) is 18.2 Å². The van der Waals surface area contributed by atoms with E-state index < -0.39 is 0 Å². The van der Waals surface area contributed by atoms with Crippen LogP contribution in [0.2, 0.25) is 0 Å². The van der Waals surface area contributed by atoms with E-state index in [1.807, 2.05) is 11.9 Å². The van der Waals surface area contributed by atoms with Crippen LogP contribution in [0.4, 0.5) is 0 Å². The van der Waals surface area contributed by atoms with Crippen molar-refractivity contribution in [2.24, 2.45) is 11.3 Å². The van der Waals surface area contributed by atoms with Crippen LogP contribution in [-0.4, -0.2) is 29.8 Å². The van der Waals surface area contributed by atoms with Gasteiger partial charge in [-0.25, -0.2) is 0 Å². The van der Waals surface area contributed by atoms with Gasteiger partial charge in [0.15, 0.2) is 0 Å². The fourth-order valence-electron chi connectivity index (χ4n) is 3.74. The van der Waals surface area contributed by atoms with Crippen LogP contribution in [0.5, 0.6) is 0 Å². The highest BCUT2D eigenvalue weighted by molar-refractivity contribution is 5.83. The first-order valence-electron chi connectivity index (χ1n) is 7.62. The van der Waals surface area contributed by atoms with Gasteiger partial charge in [-0.05, 0) is 48.4 Å². The third-order valence-corrected chi connectivity index (χ3v) is 5.33. The van der Waals surface area contributed by atoms with Crippen molar-refractivity contribution in [1.82, 2.24) is 9.80 Å². The van der Waals surface area contributed by atoms with Crippen molar-refractivity contribution in [1.29, 1.82) is 0 Å². The summed E-state index contributed by atoms with van der Waals surface area (Å²) in [5, 5.41) is 0. The second kappa shape index (κ2) is 4.08. The average molecular weight is 270 g/mol. The summed E-state index contributed by atoms with van der Waals surface area (Å²) in [4.78, 5) is 16.6. The largest absolute Gasteiger partial charge is 0.341 e. The van der Waals surface area contributed by atoms with Crippen molar-refractivity contribution >= 4 is 5.91 Å². The van der Waals surface area contributed by atoms with Gasteiger partial charge in [-0.15, -0.1) is 0 Å². The molecular weight excluding hydrogens is 248 g/mol. The van der Waals surface area contributed by atoms with E-state index in [9.17, 15) is 4.79 Å². The first-order valence-corrected chi connectivity index (χ1v) is 7.62. The summed E-state index contributed by atoms with van der Waals surface area (Å²) in [6, 6.07) is 6.69. The number of hydrogen-bond donors (Lipinski definition) is 0. The maximum absolute atomic E-state index is 12.4. The third kappa shape index (κ3) is 1.96. The molecule has 2 saturated carbocycles. The maximum Gasteiger partial charge on any atom is 0.226 e. The fraction of sp³-hybridized carbons (Fsp3) is 0.588. The standard InChI is InChI=1S/C17H22N2O/c1-18-10-13-4-3-12(7-14(13)11-18)9-19(2)16(20)15-8-17(15)5-6-17/h3-4,7,15H,5-6,8-11H2,1-2H3/t15-/m1/s1. The van der Waals surface area contributed by atoms with Crippen LogP contribution in [-0.2, 0) is 24.4 Å². The van der Waals surface area contributed by atoms with Gasteiger partial charge in [0.25, 0.3) is 0 Å². The summed E-state index contributed by atoms with van der Waals surface area (Å²) in [5.41, 5.74) is 4.59. The molecule has 1 heterocycles. The molecule has 0 saturated heterocycles. The van der Waals surface area contributed by atoms with Crippen molar-refractivity contribution in [2.75, 3.05) is 14.1 Å². The Balaban J connectivity index is 1.44. The van der Waals surface area contributed by atoms with Gasteiger partial charge in [0.1, 0.15) is 0 Å². The van der Waals surface area contributed by atoms with E-state index in [2.05, 4.69) is 30.1 Å². The number of carbonyl (C=O) groups excluding carboxylic acids is 1. The first kappa shape index (κ1) is 12.4. The molecule has 0 N–H and O–H groups in total. The lowest BCUT2D eigenvalue weighted by atomic mass is 10.1. The van der Waals surface area contributed by atoms with Gasteiger partial charge in [0.2, 0.25) is 5.91 Å². The lowest BCUT2D eigenvalue weighted by molar-refractivity contribution is -0.132. The number of hydrogen-bond acceptors (Lipinski definition) is 2. The van der Waals surface area contributed by atoms with Gasteiger partial charge in [0, 0.05) is 32.6 Å². The zero-order chi connectivity index (χ0) is 13.9. The Morgan fingerprint density at radius 2 is 2.10 bits per heavy atom. The molecule has 1 aliphatic heterocycles. The van der Waals surface area contributed by atoms with Crippen molar-refractivity contribution in [3.05, 3.63) is 34.9 Å². The molecule has 3 aliphatic rings. The molecule has 1 aromatic carbocycles. The van der Waals surface area contributed by atoms with Crippen LogP contribution in [0.1, 0.15) is 36.0 Å². The van der Waals surface area contributed by atoms with Crippen LogP contribution in [0, 0.1) is 11.3 Å². The molecule has 3 heteroatoms. The monoisotopic (exact) mass is 270 g/mol. The van der Waals surface area contributed by atoms with E-state index in [0.29, 0.717) is 17.2 Å². The number of benzene rings is 1. The summed E-state index contributed by atoms with van der Waals surface area (Å²) in [6.45, 7) is 2.84. The third-order valence-electron chi connectivity index (χ3n) is 5.33. The van der Waals surface area contributed by atoms with Crippen molar-refractivity contribution in [3.63, 3.8) is 0 Å². The highest BCUT2D eigenvalue weighted by Gasteiger charge is 2.66. The Bertz CT molecular complexity index is 576.